The normalized spacial score (nSPS) is 16.7. The number of amides is 1. The zero-order valence-corrected chi connectivity index (χ0v) is 17.4. The predicted molar refractivity (Wildman–Crippen MR) is 108 cm³/mol. The summed E-state index contributed by atoms with van der Waals surface area (Å²) in [7, 11) is 1.62. The summed E-state index contributed by atoms with van der Waals surface area (Å²) in [6.07, 6.45) is 3.21. The molecule has 1 aromatic carbocycles. The molecule has 3 rings (SSSR count). The molecule has 0 aliphatic heterocycles. The molecule has 1 aliphatic rings. The Labute approximate surface area is 170 Å². The number of aromatic nitrogens is 2. The lowest BCUT2D eigenvalue weighted by molar-refractivity contribution is -0.143. The van der Waals surface area contributed by atoms with Gasteiger partial charge in [-0.25, -0.2) is 14.8 Å². The van der Waals surface area contributed by atoms with E-state index >= 15 is 0 Å². The van der Waals surface area contributed by atoms with Crippen LogP contribution < -0.4 is 0 Å². The molecule has 0 saturated heterocycles. The molecule has 1 amide bonds. The number of ether oxygens (including phenoxy) is 1. The number of benzene rings is 1. The molecule has 0 unspecified atom stereocenters. The molecule has 1 aromatic heterocycles. The van der Waals surface area contributed by atoms with Crippen LogP contribution in [0.4, 0.5) is 0 Å². The van der Waals surface area contributed by atoms with E-state index in [9.17, 15) is 14.9 Å². The fourth-order valence-electron chi connectivity index (χ4n) is 3.78. The minimum atomic E-state index is -0.985. The van der Waals surface area contributed by atoms with Crippen molar-refractivity contribution in [3.8, 4) is 6.07 Å². The number of rotatable bonds is 4. The predicted octanol–water partition coefficient (Wildman–Crippen LogP) is 3.48. The average Bonchev–Trinajstić information content (AvgIpc) is 2.73. The number of nitrogens with zero attached hydrogens (tertiary/aromatic N) is 4. The number of hydrogen-bond acceptors (Lipinski definition) is 6. The first-order chi connectivity index (χ1) is 13.8. The smallest absolute Gasteiger partial charge is 0.338 e. The Morgan fingerprint density at radius 1 is 1.14 bits per heavy atom. The average molecular weight is 394 g/mol. The van der Waals surface area contributed by atoms with E-state index in [-0.39, 0.29) is 5.91 Å². The Morgan fingerprint density at radius 2 is 1.76 bits per heavy atom. The molecule has 29 heavy (non-hydrogen) atoms. The van der Waals surface area contributed by atoms with Crippen molar-refractivity contribution in [1.29, 1.82) is 5.26 Å². The fraction of sp³-hybridized carbons (Fsp3) is 0.500. The number of hydrogen-bond donors (Lipinski definition) is 0. The second-order valence-electron chi connectivity index (χ2n) is 7.75. The Morgan fingerprint density at radius 3 is 2.38 bits per heavy atom. The Bertz CT molecular complexity index is 989. The molecule has 7 nitrogen and oxygen atoms in total. The van der Waals surface area contributed by atoms with Crippen LogP contribution in [0.2, 0.25) is 0 Å². The topological polar surface area (TPSA) is 96.2 Å². The minimum absolute atomic E-state index is 0.310. The van der Waals surface area contributed by atoms with Gasteiger partial charge in [0.1, 0.15) is 5.54 Å². The summed E-state index contributed by atoms with van der Waals surface area (Å²) in [6, 6.07) is 7.28. The molecule has 0 N–H and O–H groups in total. The van der Waals surface area contributed by atoms with Gasteiger partial charge >= 0.3 is 5.97 Å². The molecule has 1 fully saturated rings. The molecule has 7 heteroatoms. The van der Waals surface area contributed by atoms with Crippen LogP contribution in [0.25, 0.3) is 11.0 Å². The molecule has 2 aromatic rings. The summed E-state index contributed by atoms with van der Waals surface area (Å²) in [6.45, 7) is 5.28. The van der Waals surface area contributed by atoms with Gasteiger partial charge in [0.25, 0.3) is 5.91 Å². The van der Waals surface area contributed by atoms with Crippen LogP contribution in [0.1, 0.15) is 60.8 Å². The largest absolute Gasteiger partial charge is 0.449 e. The quantitative estimate of drug-likeness (QED) is 0.737. The summed E-state index contributed by atoms with van der Waals surface area (Å²) >= 11 is 0. The first-order valence-corrected chi connectivity index (χ1v) is 9.92. The van der Waals surface area contributed by atoms with Crippen LogP contribution in [-0.4, -0.2) is 45.4 Å². The molecule has 0 spiro atoms. The van der Waals surface area contributed by atoms with E-state index in [0.29, 0.717) is 29.4 Å². The van der Waals surface area contributed by atoms with Crippen molar-refractivity contribution in [2.75, 3.05) is 7.05 Å². The van der Waals surface area contributed by atoms with E-state index in [2.05, 4.69) is 16.0 Å². The highest BCUT2D eigenvalue weighted by molar-refractivity contribution is 5.95. The van der Waals surface area contributed by atoms with E-state index in [4.69, 9.17) is 4.74 Å². The second kappa shape index (κ2) is 8.16. The third-order valence-electron chi connectivity index (χ3n) is 5.80. The number of fused-ring (bicyclic) bond motifs is 1. The number of carbonyl (C=O) groups is 2. The minimum Gasteiger partial charge on any atom is -0.449 e. The maximum atomic E-state index is 12.8. The lowest BCUT2D eigenvalue weighted by atomic mass is 9.81. The highest BCUT2D eigenvalue weighted by Crippen LogP contribution is 2.33. The maximum absolute atomic E-state index is 12.8. The van der Waals surface area contributed by atoms with Gasteiger partial charge in [-0.3, -0.25) is 4.79 Å². The van der Waals surface area contributed by atoms with E-state index in [1.165, 1.54) is 4.90 Å². The van der Waals surface area contributed by atoms with Crippen LogP contribution in [0.15, 0.2) is 18.2 Å². The Hall–Kier alpha value is -3.01. The molecule has 1 heterocycles. The van der Waals surface area contributed by atoms with Crippen molar-refractivity contribution in [1.82, 2.24) is 14.9 Å². The van der Waals surface area contributed by atoms with Gasteiger partial charge in [0.15, 0.2) is 6.10 Å². The lowest BCUT2D eigenvalue weighted by Gasteiger charge is -2.39. The number of carbonyl (C=O) groups excluding carboxylic acids is 2. The molecular weight excluding hydrogens is 368 g/mol. The van der Waals surface area contributed by atoms with Crippen molar-refractivity contribution in [2.45, 2.75) is 64.5 Å². The molecule has 0 bridgehead atoms. The third kappa shape index (κ3) is 4.07. The van der Waals surface area contributed by atoms with Gasteiger partial charge < -0.3 is 9.64 Å². The molecular formula is C22H26N4O3. The summed E-state index contributed by atoms with van der Waals surface area (Å²) in [5.41, 5.74) is 2.42. The maximum Gasteiger partial charge on any atom is 0.338 e. The van der Waals surface area contributed by atoms with E-state index < -0.39 is 17.6 Å². The third-order valence-corrected chi connectivity index (χ3v) is 5.80. The van der Waals surface area contributed by atoms with Crippen LogP contribution in [0, 0.1) is 25.2 Å². The van der Waals surface area contributed by atoms with Crippen molar-refractivity contribution in [3.05, 3.63) is 35.2 Å². The van der Waals surface area contributed by atoms with Crippen LogP contribution >= 0.6 is 0 Å². The van der Waals surface area contributed by atoms with Gasteiger partial charge in [0.05, 0.1) is 34.1 Å². The molecule has 1 aliphatic carbocycles. The summed E-state index contributed by atoms with van der Waals surface area (Å²) in [5, 5.41) is 9.68. The van der Waals surface area contributed by atoms with E-state index in [0.717, 1.165) is 30.7 Å². The van der Waals surface area contributed by atoms with Crippen molar-refractivity contribution in [3.63, 3.8) is 0 Å². The van der Waals surface area contributed by atoms with E-state index in [1.54, 1.807) is 32.2 Å². The monoisotopic (exact) mass is 394 g/mol. The highest BCUT2D eigenvalue weighted by atomic mass is 16.5. The number of likely N-dealkylation sites (N-methyl/N-ethyl adjacent to an activating group) is 1. The van der Waals surface area contributed by atoms with Crippen LogP contribution in [0.3, 0.4) is 0 Å². The number of esters is 1. The summed E-state index contributed by atoms with van der Waals surface area (Å²) < 4.78 is 5.41. The standard InChI is InChI=1S/C22H26N4O3/c1-14-15(2)25-19-12-17(8-9-18(19)24-14)21(28)29-16(3)20(27)26(4)22(13-23)10-6-5-7-11-22/h8-9,12,16H,5-7,10-11H2,1-4H3/t16-/m1/s1. The fourth-order valence-corrected chi connectivity index (χ4v) is 3.78. The van der Waals surface area contributed by atoms with Gasteiger partial charge in [-0.05, 0) is 51.8 Å². The zero-order chi connectivity index (χ0) is 21.2. The summed E-state index contributed by atoms with van der Waals surface area (Å²) in [4.78, 5) is 35.8. The zero-order valence-electron chi connectivity index (χ0n) is 17.4. The van der Waals surface area contributed by atoms with Gasteiger partial charge in [0, 0.05) is 7.05 Å². The molecule has 0 radical (unpaired) electrons. The van der Waals surface area contributed by atoms with Crippen LogP contribution in [0.5, 0.6) is 0 Å². The summed E-state index contributed by atoms with van der Waals surface area (Å²) in [5.74, 6) is -0.968. The SMILES string of the molecule is Cc1nc2ccc(C(=O)O[C@H](C)C(=O)N(C)C3(C#N)CCCCC3)cc2nc1C. The lowest BCUT2D eigenvalue weighted by Crippen LogP contribution is -2.53. The molecule has 152 valence electrons. The molecule has 1 atom stereocenters. The van der Waals surface area contributed by atoms with Crippen molar-refractivity contribution < 1.29 is 14.3 Å². The first kappa shape index (κ1) is 20.7. The first-order valence-electron chi connectivity index (χ1n) is 9.92. The van der Waals surface area contributed by atoms with Crippen LogP contribution in [-0.2, 0) is 9.53 Å². The second-order valence-corrected chi connectivity index (χ2v) is 7.75. The van der Waals surface area contributed by atoms with Gasteiger partial charge in [-0.15, -0.1) is 0 Å². The van der Waals surface area contributed by atoms with Crippen molar-refractivity contribution in [2.24, 2.45) is 0 Å². The Kier molecular flexibility index (Phi) is 5.83. The Balaban J connectivity index is 1.74. The van der Waals surface area contributed by atoms with Gasteiger partial charge in [-0.1, -0.05) is 19.3 Å². The van der Waals surface area contributed by atoms with Crippen molar-refractivity contribution >= 4 is 22.9 Å². The van der Waals surface area contributed by atoms with E-state index in [1.807, 2.05) is 13.8 Å². The highest BCUT2D eigenvalue weighted by Gasteiger charge is 2.40. The number of aryl methyl sites for hydroxylation is 2. The number of nitriles is 1. The van der Waals surface area contributed by atoms with Gasteiger partial charge in [0.2, 0.25) is 0 Å². The molecule has 1 saturated carbocycles. The van der Waals surface area contributed by atoms with Gasteiger partial charge in [-0.2, -0.15) is 5.26 Å².